The molecule has 1 aliphatic rings. The summed E-state index contributed by atoms with van der Waals surface area (Å²) in [5.41, 5.74) is 5.04. The normalized spacial score (nSPS) is 25.4. The number of urea groups is 1. The Labute approximate surface area is 103 Å². The Bertz CT molecular complexity index is 339. The van der Waals surface area contributed by atoms with Crippen LogP contribution in [0.3, 0.4) is 0 Å². The Morgan fingerprint density at radius 3 is 2.59 bits per heavy atom. The fourth-order valence-electron chi connectivity index (χ4n) is 2.29. The minimum atomic E-state index is -0.535. The topological polar surface area (TPSA) is 67.9 Å². The minimum absolute atomic E-state index is 0.237. The SMILES string of the molecule is CCCN1C(=O)N=C(N)C1(C)CC(C)(C)OC. The molecule has 0 aromatic rings. The van der Waals surface area contributed by atoms with Gasteiger partial charge in [-0.05, 0) is 27.2 Å². The first-order chi connectivity index (χ1) is 7.77. The molecule has 2 amide bonds. The van der Waals surface area contributed by atoms with Crippen LogP contribution in [0.4, 0.5) is 4.79 Å². The van der Waals surface area contributed by atoms with Gasteiger partial charge in [-0.25, -0.2) is 4.79 Å². The Hall–Kier alpha value is -1.10. The molecule has 1 atom stereocenters. The summed E-state index contributed by atoms with van der Waals surface area (Å²) in [5.74, 6) is 0.390. The van der Waals surface area contributed by atoms with Crippen LogP contribution in [0.15, 0.2) is 4.99 Å². The lowest BCUT2D eigenvalue weighted by molar-refractivity contribution is -0.00926. The molecule has 0 fully saturated rings. The molecule has 1 rings (SSSR count). The first kappa shape index (κ1) is 14.0. The highest BCUT2D eigenvalue weighted by Crippen LogP contribution is 2.32. The molecule has 1 heterocycles. The highest BCUT2D eigenvalue weighted by molar-refractivity contribution is 6.05. The van der Waals surface area contributed by atoms with Crippen LogP contribution in [0.25, 0.3) is 0 Å². The van der Waals surface area contributed by atoms with Gasteiger partial charge in [-0.3, -0.25) is 0 Å². The third kappa shape index (κ3) is 2.60. The fraction of sp³-hybridized carbons (Fsp3) is 0.833. The van der Waals surface area contributed by atoms with E-state index in [0.29, 0.717) is 18.8 Å². The zero-order valence-electron chi connectivity index (χ0n) is 11.4. The number of carbonyl (C=O) groups excluding carboxylic acids is 1. The van der Waals surface area contributed by atoms with Crippen molar-refractivity contribution in [3.8, 4) is 0 Å². The zero-order valence-corrected chi connectivity index (χ0v) is 11.4. The second-order valence-electron chi connectivity index (χ2n) is 5.35. The molecule has 0 aromatic heterocycles. The quantitative estimate of drug-likeness (QED) is 0.797. The number of amides is 2. The molecule has 1 unspecified atom stereocenters. The number of hydrogen-bond donors (Lipinski definition) is 1. The standard InChI is InChI=1S/C12H23N3O2/c1-6-7-15-10(16)14-9(13)12(15,4)8-11(2,3)17-5/h6-8H2,1-5H3,(H2,13,14,16). The van der Waals surface area contributed by atoms with Crippen molar-refractivity contribution in [3.05, 3.63) is 0 Å². The van der Waals surface area contributed by atoms with E-state index in [4.69, 9.17) is 10.5 Å². The van der Waals surface area contributed by atoms with Gasteiger partial charge in [0.05, 0.1) is 5.60 Å². The molecule has 5 heteroatoms. The molecule has 98 valence electrons. The zero-order chi connectivity index (χ0) is 13.3. The van der Waals surface area contributed by atoms with Crippen molar-refractivity contribution in [2.45, 2.75) is 51.7 Å². The van der Waals surface area contributed by atoms with E-state index >= 15 is 0 Å². The van der Waals surface area contributed by atoms with Crippen LogP contribution in [0, 0.1) is 0 Å². The minimum Gasteiger partial charge on any atom is -0.385 e. The van der Waals surface area contributed by atoms with Crippen molar-refractivity contribution >= 4 is 11.9 Å². The third-order valence-electron chi connectivity index (χ3n) is 3.36. The molecular weight excluding hydrogens is 218 g/mol. The molecule has 0 radical (unpaired) electrons. The number of methoxy groups -OCH3 is 1. The van der Waals surface area contributed by atoms with Gasteiger partial charge in [-0.1, -0.05) is 6.92 Å². The molecule has 0 saturated carbocycles. The van der Waals surface area contributed by atoms with E-state index in [-0.39, 0.29) is 11.6 Å². The summed E-state index contributed by atoms with van der Waals surface area (Å²) in [6, 6.07) is -0.237. The van der Waals surface area contributed by atoms with Crippen LogP contribution in [-0.2, 0) is 4.74 Å². The monoisotopic (exact) mass is 241 g/mol. The van der Waals surface area contributed by atoms with Crippen LogP contribution in [-0.4, -0.2) is 41.6 Å². The lowest BCUT2D eigenvalue weighted by Crippen LogP contribution is -2.55. The number of ether oxygens (including phenoxy) is 1. The maximum atomic E-state index is 11.8. The highest BCUT2D eigenvalue weighted by atomic mass is 16.5. The van der Waals surface area contributed by atoms with Crippen molar-refractivity contribution in [2.24, 2.45) is 10.7 Å². The van der Waals surface area contributed by atoms with Crippen molar-refractivity contribution < 1.29 is 9.53 Å². The average Bonchev–Trinajstić information content (AvgIpc) is 2.42. The van der Waals surface area contributed by atoms with Crippen LogP contribution in [0.2, 0.25) is 0 Å². The highest BCUT2D eigenvalue weighted by Gasteiger charge is 2.47. The second-order valence-corrected chi connectivity index (χ2v) is 5.35. The van der Waals surface area contributed by atoms with E-state index in [1.54, 1.807) is 12.0 Å². The van der Waals surface area contributed by atoms with Gasteiger partial charge in [0.2, 0.25) is 0 Å². The maximum Gasteiger partial charge on any atom is 0.346 e. The molecule has 0 aliphatic carbocycles. The van der Waals surface area contributed by atoms with Crippen molar-refractivity contribution in [1.29, 1.82) is 0 Å². The number of hydrogen-bond acceptors (Lipinski definition) is 3. The second kappa shape index (κ2) is 4.64. The molecular formula is C12H23N3O2. The van der Waals surface area contributed by atoms with Crippen LogP contribution in [0.5, 0.6) is 0 Å². The molecule has 5 nitrogen and oxygen atoms in total. The predicted octanol–water partition coefficient (Wildman–Crippen LogP) is 1.76. The number of carbonyl (C=O) groups is 1. The lowest BCUT2D eigenvalue weighted by Gasteiger charge is -2.39. The Kier molecular flexibility index (Phi) is 3.81. The van der Waals surface area contributed by atoms with E-state index in [1.807, 2.05) is 27.7 Å². The lowest BCUT2D eigenvalue weighted by atomic mass is 9.86. The number of nitrogens with two attached hydrogens (primary N) is 1. The van der Waals surface area contributed by atoms with Crippen molar-refractivity contribution in [3.63, 3.8) is 0 Å². The van der Waals surface area contributed by atoms with Gasteiger partial charge < -0.3 is 15.4 Å². The molecule has 1 aliphatic heterocycles. The Balaban J connectivity index is 2.98. The maximum absolute atomic E-state index is 11.8. The summed E-state index contributed by atoms with van der Waals surface area (Å²) in [6.07, 6.45) is 1.52. The van der Waals surface area contributed by atoms with Gasteiger partial charge in [-0.15, -0.1) is 0 Å². The van der Waals surface area contributed by atoms with E-state index < -0.39 is 5.54 Å². The van der Waals surface area contributed by atoms with Crippen LogP contribution >= 0.6 is 0 Å². The predicted molar refractivity (Wildman–Crippen MR) is 68.1 cm³/mol. The Morgan fingerprint density at radius 2 is 2.12 bits per heavy atom. The summed E-state index contributed by atoms with van der Waals surface area (Å²) >= 11 is 0. The van der Waals surface area contributed by atoms with E-state index in [9.17, 15) is 4.79 Å². The number of nitrogens with zero attached hydrogens (tertiary/aromatic N) is 2. The van der Waals surface area contributed by atoms with E-state index in [0.717, 1.165) is 6.42 Å². The summed E-state index contributed by atoms with van der Waals surface area (Å²) in [5, 5.41) is 0. The van der Waals surface area contributed by atoms with Gasteiger partial charge in [0.15, 0.2) is 0 Å². The molecule has 0 aromatic carbocycles. The number of aliphatic imine (C=N–C) groups is 1. The summed E-state index contributed by atoms with van der Waals surface area (Å²) in [6.45, 7) is 8.62. The third-order valence-corrected chi connectivity index (χ3v) is 3.36. The van der Waals surface area contributed by atoms with Crippen molar-refractivity contribution in [1.82, 2.24) is 4.90 Å². The van der Waals surface area contributed by atoms with Crippen LogP contribution in [0.1, 0.15) is 40.5 Å². The fourth-order valence-corrected chi connectivity index (χ4v) is 2.29. The molecule has 17 heavy (non-hydrogen) atoms. The van der Waals surface area contributed by atoms with Gasteiger partial charge in [-0.2, -0.15) is 4.99 Å². The van der Waals surface area contributed by atoms with Gasteiger partial charge in [0, 0.05) is 20.1 Å². The molecule has 0 spiro atoms. The van der Waals surface area contributed by atoms with Gasteiger partial charge in [0.1, 0.15) is 11.4 Å². The average molecular weight is 241 g/mol. The Morgan fingerprint density at radius 1 is 1.53 bits per heavy atom. The van der Waals surface area contributed by atoms with Crippen LogP contribution < -0.4 is 5.73 Å². The smallest absolute Gasteiger partial charge is 0.346 e. The summed E-state index contributed by atoms with van der Waals surface area (Å²) in [7, 11) is 1.66. The molecule has 0 saturated heterocycles. The van der Waals surface area contributed by atoms with E-state index in [2.05, 4.69) is 4.99 Å². The number of amidine groups is 1. The summed E-state index contributed by atoms with van der Waals surface area (Å²) in [4.78, 5) is 17.4. The number of rotatable bonds is 5. The molecule has 2 N–H and O–H groups in total. The summed E-state index contributed by atoms with van der Waals surface area (Å²) < 4.78 is 5.43. The first-order valence-electron chi connectivity index (χ1n) is 5.98. The first-order valence-corrected chi connectivity index (χ1v) is 5.98. The van der Waals surface area contributed by atoms with Gasteiger partial charge >= 0.3 is 6.03 Å². The largest absolute Gasteiger partial charge is 0.385 e. The van der Waals surface area contributed by atoms with E-state index in [1.165, 1.54) is 0 Å². The van der Waals surface area contributed by atoms with Crippen molar-refractivity contribution in [2.75, 3.05) is 13.7 Å². The van der Waals surface area contributed by atoms with Gasteiger partial charge in [0.25, 0.3) is 0 Å². The molecule has 0 bridgehead atoms.